The summed E-state index contributed by atoms with van der Waals surface area (Å²) in [5.74, 6) is 1.74. The molecule has 0 atom stereocenters. The van der Waals surface area contributed by atoms with Crippen molar-refractivity contribution >= 4 is 17.7 Å². The SMILES string of the molecule is [NH]C(=O)CN1CCSCC1. The van der Waals surface area contributed by atoms with Crippen molar-refractivity contribution in [2.45, 2.75) is 0 Å². The van der Waals surface area contributed by atoms with Crippen LogP contribution in [0.15, 0.2) is 0 Å². The molecule has 0 unspecified atom stereocenters. The Balaban J connectivity index is 2.19. The minimum Gasteiger partial charge on any atom is -0.293 e. The van der Waals surface area contributed by atoms with Crippen LogP contribution >= 0.6 is 11.8 Å². The quantitative estimate of drug-likeness (QED) is 0.562. The van der Waals surface area contributed by atoms with Gasteiger partial charge in [-0.3, -0.25) is 15.4 Å². The van der Waals surface area contributed by atoms with Gasteiger partial charge in [0.2, 0.25) is 0 Å². The molecule has 1 N–H and O–H groups in total. The van der Waals surface area contributed by atoms with E-state index in [1.807, 2.05) is 16.7 Å². The Labute approximate surface area is 64.9 Å². The molecule has 10 heavy (non-hydrogen) atoms. The second-order valence-electron chi connectivity index (χ2n) is 2.31. The lowest BCUT2D eigenvalue weighted by atomic mass is 10.4. The lowest BCUT2D eigenvalue weighted by molar-refractivity contribution is -0.119. The Morgan fingerprint density at radius 2 is 2.10 bits per heavy atom. The van der Waals surface area contributed by atoms with Crippen molar-refractivity contribution in [3.05, 3.63) is 0 Å². The molecule has 1 aliphatic rings. The van der Waals surface area contributed by atoms with Crippen molar-refractivity contribution in [2.24, 2.45) is 0 Å². The third-order valence-electron chi connectivity index (χ3n) is 1.47. The van der Waals surface area contributed by atoms with Gasteiger partial charge in [-0.25, -0.2) is 0 Å². The molecule has 4 heteroatoms. The molecule has 1 aliphatic heterocycles. The van der Waals surface area contributed by atoms with E-state index in [0.717, 1.165) is 24.6 Å². The van der Waals surface area contributed by atoms with Gasteiger partial charge >= 0.3 is 0 Å². The molecule has 0 aromatic carbocycles. The third kappa shape index (κ3) is 2.58. The van der Waals surface area contributed by atoms with Crippen molar-refractivity contribution in [3.8, 4) is 0 Å². The van der Waals surface area contributed by atoms with Gasteiger partial charge in [-0.2, -0.15) is 11.8 Å². The Bertz CT molecular complexity index is 123. The Morgan fingerprint density at radius 1 is 1.50 bits per heavy atom. The van der Waals surface area contributed by atoms with Gasteiger partial charge in [-0.15, -0.1) is 0 Å². The molecule has 0 aromatic rings. The second-order valence-corrected chi connectivity index (χ2v) is 3.54. The van der Waals surface area contributed by atoms with E-state index < -0.39 is 5.91 Å². The van der Waals surface area contributed by atoms with Gasteiger partial charge < -0.3 is 0 Å². The molecule has 0 spiro atoms. The molecule has 0 aliphatic carbocycles. The van der Waals surface area contributed by atoms with Crippen molar-refractivity contribution < 1.29 is 4.79 Å². The maximum atomic E-state index is 10.3. The average molecular weight is 159 g/mol. The van der Waals surface area contributed by atoms with Gasteiger partial charge in [-0.05, 0) is 0 Å². The van der Waals surface area contributed by atoms with Gasteiger partial charge in [0.15, 0.2) is 0 Å². The van der Waals surface area contributed by atoms with Crippen molar-refractivity contribution in [1.29, 1.82) is 0 Å². The molecule has 0 bridgehead atoms. The first-order valence-corrected chi connectivity index (χ1v) is 4.49. The summed E-state index contributed by atoms with van der Waals surface area (Å²) in [6.45, 7) is 2.26. The molecule has 3 nitrogen and oxygen atoms in total. The smallest absolute Gasteiger partial charge is 0.252 e. The van der Waals surface area contributed by atoms with Crippen LogP contribution in [0.2, 0.25) is 0 Å². The van der Waals surface area contributed by atoms with Crippen LogP contribution in [-0.4, -0.2) is 41.9 Å². The molecule has 1 radical (unpaired) electrons. The Morgan fingerprint density at radius 3 is 2.60 bits per heavy atom. The largest absolute Gasteiger partial charge is 0.293 e. The predicted octanol–water partition coefficient (Wildman–Crippen LogP) is -0.155. The van der Waals surface area contributed by atoms with E-state index in [2.05, 4.69) is 0 Å². The molecule has 0 saturated carbocycles. The summed E-state index contributed by atoms with van der Waals surface area (Å²) in [6, 6.07) is 0. The van der Waals surface area contributed by atoms with Crippen LogP contribution in [0.3, 0.4) is 0 Å². The summed E-state index contributed by atoms with van der Waals surface area (Å²) in [4.78, 5) is 12.4. The molecule has 1 heterocycles. The van der Waals surface area contributed by atoms with Crippen molar-refractivity contribution in [3.63, 3.8) is 0 Å². The number of carbonyl (C=O) groups is 1. The highest BCUT2D eigenvalue weighted by molar-refractivity contribution is 7.99. The van der Waals surface area contributed by atoms with E-state index in [0.29, 0.717) is 6.54 Å². The highest BCUT2D eigenvalue weighted by Gasteiger charge is 2.11. The lowest BCUT2D eigenvalue weighted by Crippen LogP contribution is -2.36. The summed E-state index contributed by atoms with van der Waals surface area (Å²) in [7, 11) is 0. The van der Waals surface area contributed by atoms with E-state index in [4.69, 9.17) is 5.73 Å². The number of hydrogen-bond acceptors (Lipinski definition) is 3. The van der Waals surface area contributed by atoms with E-state index in [1.165, 1.54) is 0 Å². The summed E-state index contributed by atoms with van der Waals surface area (Å²) in [5, 5.41) is 0. The maximum Gasteiger partial charge on any atom is 0.252 e. The highest BCUT2D eigenvalue weighted by atomic mass is 32.2. The number of rotatable bonds is 2. The van der Waals surface area contributed by atoms with Crippen molar-refractivity contribution in [1.82, 2.24) is 10.6 Å². The molecule has 57 valence electrons. The summed E-state index contributed by atoms with van der Waals surface area (Å²) in [5.41, 5.74) is 6.73. The van der Waals surface area contributed by atoms with Crippen LogP contribution in [0, 0.1) is 0 Å². The van der Waals surface area contributed by atoms with E-state index in [9.17, 15) is 4.79 Å². The number of amides is 1. The molecular formula is C6H11N2OS. The minimum atomic E-state index is -0.466. The molecule has 0 aromatic heterocycles. The summed E-state index contributed by atoms with van der Waals surface area (Å²) in [6.07, 6.45) is 0. The average Bonchev–Trinajstić information content (AvgIpc) is 1.88. The third-order valence-corrected chi connectivity index (χ3v) is 2.41. The number of thioether (sulfide) groups is 1. The van der Waals surface area contributed by atoms with Gasteiger partial charge in [0, 0.05) is 24.6 Å². The van der Waals surface area contributed by atoms with Crippen molar-refractivity contribution in [2.75, 3.05) is 31.1 Å². The van der Waals surface area contributed by atoms with Gasteiger partial charge in [-0.1, -0.05) is 0 Å². The lowest BCUT2D eigenvalue weighted by Gasteiger charge is -2.24. The van der Waals surface area contributed by atoms with Crippen LogP contribution in [0.1, 0.15) is 0 Å². The molecule has 1 amide bonds. The molecular weight excluding hydrogens is 148 g/mol. The molecule has 1 saturated heterocycles. The van der Waals surface area contributed by atoms with E-state index in [-0.39, 0.29) is 0 Å². The fourth-order valence-corrected chi connectivity index (χ4v) is 1.94. The normalized spacial score (nSPS) is 20.8. The van der Waals surface area contributed by atoms with E-state index in [1.54, 1.807) is 0 Å². The van der Waals surface area contributed by atoms with Crippen LogP contribution in [0.25, 0.3) is 0 Å². The fraction of sp³-hybridized carbons (Fsp3) is 0.833. The fourth-order valence-electron chi connectivity index (χ4n) is 0.962. The first-order valence-electron chi connectivity index (χ1n) is 3.33. The molecule has 1 rings (SSSR count). The van der Waals surface area contributed by atoms with Crippen LogP contribution < -0.4 is 5.73 Å². The first-order chi connectivity index (χ1) is 4.79. The second kappa shape index (κ2) is 3.83. The zero-order chi connectivity index (χ0) is 7.40. The van der Waals surface area contributed by atoms with Crippen LogP contribution in [0.5, 0.6) is 0 Å². The number of nitrogens with one attached hydrogen (secondary N) is 1. The topological polar surface area (TPSA) is 44.1 Å². The van der Waals surface area contributed by atoms with Gasteiger partial charge in [0.1, 0.15) is 0 Å². The summed E-state index contributed by atoms with van der Waals surface area (Å²) >= 11 is 1.91. The standard InChI is InChI=1S/C6H11N2OS/c7-6(9)5-8-1-3-10-4-2-8/h7H,1-5H2. The predicted molar refractivity (Wildman–Crippen MR) is 41.9 cm³/mol. The zero-order valence-corrected chi connectivity index (χ0v) is 6.62. The zero-order valence-electron chi connectivity index (χ0n) is 5.80. The minimum absolute atomic E-state index is 0.320. The van der Waals surface area contributed by atoms with Crippen LogP contribution in [0.4, 0.5) is 0 Å². The van der Waals surface area contributed by atoms with E-state index >= 15 is 0 Å². The number of carbonyl (C=O) groups excluding carboxylic acids is 1. The maximum absolute atomic E-state index is 10.3. The van der Waals surface area contributed by atoms with Crippen LogP contribution in [-0.2, 0) is 4.79 Å². The first kappa shape index (κ1) is 7.88. The number of nitrogens with zero attached hydrogens (tertiary/aromatic N) is 1. The Hall–Kier alpha value is -0.220. The monoisotopic (exact) mass is 159 g/mol. The summed E-state index contributed by atoms with van der Waals surface area (Å²) < 4.78 is 0. The number of hydrogen-bond donors (Lipinski definition) is 0. The van der Waals surface area contributed by atoms with Gasteiger partial charge in [0.25, 0.3) is 5.91 Å². The highest BCUT2D eigenvalue weighted by Crippen LogP contribution is 2.07. The van der Waals surface area contributed by atoms with Gasteiger partial charge in [0.05, 0.1) is 6.54 Å². The Kier molecular flexibility index (Phi) is 3.02. The molecule has 1 fully saturated rings.